The van der Waals surface area contributed by atoms with Gasteiger partial charge in [-0.2, -0.15) is 10.5 Å². The highest BCUT2D eigenvalue weighted by Gasteiger charge is 2.47. The Morgan fingerprint density at radius 2 is 1.38 bits per heavy atom. The van der Waals surface area contributed by atoms with E-state index in [4.69, 9.17) is 4.74 Å². The largest absolute Gasteiger partial charge is 0.494 e. The minimum atomic E-state index is 0.446. The van der Waals surface area contributed by atoms with Crippen molar-refractivity contribution in [2.45, 2.75) is 90.9 Å². The van der Waals surface area contributed by atoms with E-state index >= 15 is 0 Å². The van der Waals surface area contributed by atoms with E-state index in [0.717, 1.165) is 48.1 Å². The minimum Gasteiger partial charge on any atom is -0.494 e. The summed E-state index contributed by atoms with van der Waals surface area (Å²) in [5.41, 5.74) is 4.96. The van der Waals surface area contributed by atoms with Gasteiger partial charge in [0.1, 0.15) is 17.9 Å². The van der Waals surface area contributed by atoms with Crippen LogP contribution < -0.4 is 4.74 Å². The fourth-order valence-corrected chi connectivity index (χ4v) is 6.42. The number of hydrogen-bond donors (Lipinski definition) is 0. The highest BCUT2D eigenvalue weighted by molar-refractivity contribution is 5.75. The molecule has 0 atom stereocenters. The van der Waals surface area contributed by atoms with E-state index in [1.807, 2.05) is 30.3 Å². The summed E-state index contributed by atoms with van der Waals surface area (Å²) < 4.78 is 5.77. The van der Waals surface area contributed by atoms with Crippen LogP contribution in [0.4, 0.5) is 0 Å². The molecule has 2 aromatic rings. The Bertz CT molecular complexity index is 1050. The number of ether oxygens (including phenoxy) is 1. The van der Waals surface area contributed by atoms with Gasteiger partial charge in [-0.25, -0.2) is 0 Å². The van der Waals surface area contributed by atoms with Crippen LogP contribution >= 0.6 is 0 Å². The number of benzene rings is 2. The van der Waals surface area contributed by atoms with Gasteiger partial charge in [0.2, 0.25) is 0 Å². The highest BCUT2D eigenvalue weighted by atomic mass is 16.5. The SMILES string of the molecule is CCCCOc1ccc(-c2ccc(CCC34CCC(CCC)(CC3)CC4)c(C#N)c2C#N)cc1. The van der Waals surface area contributed by atoms with Crippen molar-refractivity contribution < 1.29 is 4.74 Å². The molecule has 2 bridgehead atoms. The first kappa shape index (κ1) is 24.3. The van der Waals surface area contributed by atoms with Gasteiger partial charge in [-0.05, 0) is 98.3 Å². The molecule has 0 heterocycles. The van der Waals surface area contributed by atoms with Crippen molar-refractivity contribution in [1.29, 1.82) is 10.5 Å². The van der Waals surface area contributed by atoms with Crippen molar-refractivity contribution in [2.75, 3.05) is 6.61 Å². The summed E-state index contributed by atoms with van der Waals surface area (Å²) in [7, 11) is 0. The van der Waals surface area contributed by atoms with Crippen molar-refractivity contribution in [2.24, 2.45) is 10.8 Å². The van der Waals surface area contributed by atoms with Crippen LogP contribution in [0.2, 0.25) is 0 Å². The summed E-state index contributed by atoms with van der Waals surface area (Å²) in [5, 5.41) is 20.0. The first-order chi connectivity index (χ1) is 16.6. The normalized spacial score (nSPS) is 23.3. The van der Waals surface area contributed by atoms with Gasteiger partial charge >= 0.3 is 0 Å². The predicted octanol–water partition coefficient (Wildman–Crippen LogP) is 8.35. The lowest BCUT2D eigenvalue weighted by Gasteiger charge is -2.54. The molecule has 34 heavy (non-hydrogen) atoms. The Kier molecular flexibility index (Phi) is 7.63. The predicted molar refractivity (Wildman–Crippen MR) is 138 cm³/mol. The summed E-state index contributed by atoms with van der Waals surface area (Å²) in [6.07, 6.45) is 15.0. The number of nitriles is 2. The zero-order valence-corrected chi connectivity index (χ0v) is 21.0. The zero-order valence-electron chi connectivity index (χ0n) is 21.0. The van der Waals surface area contributed by atoms with E-state index in [0.29, 0.717) is 28.6 Å². The lowest BCUT2D eigenvalue weighted by molar-refractivity contribution is -0.0195. The van der Waals surface area contributed by atoms with Crippen LogP contribution in [0.5, 0.6) is 5.75 Å². The van der Waals surface area contributed by atoms with E-state index < -0.39 is 0 Å². The Labute approximate surface area is 205 Å². The molecule has 3 heteroatoms. The summed E-state index contributed by atoms with van der Waals surface area (Å²) in [6, 6.07) is 16.7. The van der Waals surface area contributed by atoms with Gasteiger partial charge in [0.25, 0.3) is 0 Å². The van der Waals surface area contributed by atoms with Gasteiger partial charge in [-0.3, -0.25) is 0 Å². The van der Waals surface area contributed by atoms with Crippen molar-refractivity contribution in [3.63, 3.8) is 0 Å². The molecule has 3 saturated carbocycles. The zero-order chi connectivity index (χ0) is 24.0. The topological polar surface area (TPSA) is 56.8 Å². The standard InChI is InChI=1S/C31H38N2O/c1-3-5-21-34-26-9-6-24(7-10-26)27-11-8-25(28(22-32)29(27)23-33)12-14-31-18-15-30(13-4-2,16-19-31)17-20-31/h6-11H,3-5,12-21H2,1-2H3. The van der Waals surface area contributed by atoms with Gasteiger partial charge in [0.05, 0.1) is 17.7 Å². The van der Waals surface area contributed by atoms with Crippen molar-refractivity contribution in [3.8, 4) is 29.0 Å². The maximum Gasteiger partial charge on any atom is 0.119 e. The molecule has 0 amide bonds. The molecule has 0 N–H and O–H groups in total. The molecule has 0 unspecified atom stereocenters. The smallest absolute Gasteiger partial charge is 0.119 e. The van der Waals surface area contributed by atoms with Crippen LogP contribution in [-0.2, 0) is 6.42 Å². The maximum atomic E-state index is 10.0. The second kappa shape index (κ2) is 10.7. The number of rotatable bonds is 10. The quantitative estimate of drug-likeness (QED) is 0.339. The molecule has 0 aliphatic heterocycles. The molecule has 5 rings (SSSR count). The lowest BCUT2D eigenvalue weighted by Crippen LogP contribution is -2.41. The summed E-state index contributed by atoms with van der Waals surface area (Å²) >= 11 is 0. The van der Waals surface area contributed by atoms with Gasteiger partial charge in [0, 0.05) is 5.56 Å². The first-order valence-corrected chi connectivity index (χ1v) is 13.3. The minimum absolute atomic E-state index is 0.446. The van der Waals surface area contributed by atoms with Gasteiger partial charge in [0.15, 0.2) is 0 Å². The van der Waals surface area contributed by atoms with E-state index in [1.165, 1.54) is 51.4 Å². The van der Waals surface area contributed by atoms with Crippen LogP contribution in [0, 0.1) is 33.5 Å². The van der Waals surface area contributed by atoms with Crippen molar-refractivity contribution >= 4 is 0 Å². The number of hydrogen-bond acceptors (Lipinski definition) is 3. The van der Waals surface area contributed by atoms with E-state index in [-0.39, 0.29) is 0 Å². The molecule has 0 radical (unpaired) electrons. The van der Waals surface area contributed by atoms with E-state index in [1.54, 1.807) is 0 Å². The van der Waals surface area contributed by atoms with Gasteiger partial charge in [-0.15, -0.1) is 0 Å². The number of unbranched alkanes of at least 4 members (excludes halogenated alkanes) is 1. The highest BCUT2D eigenvalue weighted by Crippen LogP contribution is 2.60. The second-order valence-electron chi connectivity index (χ2n) is 10.7. The molecular weight excluding hydrogens is 416 g/mol. The molecule has 3 fully saturated rings. The van der Waals surface area contributed by atoms with Crippen molar-refractivity contribution in [3.05, 3.63) is 53.1 Å². The van der Waals surface area contributed by atoms with E-state index in [2.05, 4.69) is 32.1 Å². The summed E-state index contributed by atoms with van der Waals surface area (Å²) in [5.74, 6) is 0.843. The van der Waals surface area contributed by atoms with Crippen LogP contribution in [0.15, 0.2) is 36.4 Å². The Hall–Kier alpha value is -2.78. The summed E-state index contributed by atoms with van der Waals surface area (Å²) in [4.78, 5) is 0. The van der Waals surface area contributed by atoms with Crippen LogP contribution in [0.25, 0.3) is 11.1 Å². The fourth-order valence-electron chi connectivity index (χ4n) is 6.42. The first-order valence-electron chi connectivity index (χ1n) is 13.3. The maximum absolute atomic E-state index is 10.0. The number of aryl methyl sites for hydroxylation is 1. The van der Waals surface area contributed by atoms with Gasteiger partial charge in [-0.1, -0.05) is 51.0 Å². The third-order valence-corrected chi connectivity index (χ3v) is 8.71. The van der Waals surface area contributed by atoms with Crippen LogP contribution in [0.3, 0.4) is 0 Å². The van der Waals surface area contributed by atoms with Crippen LogP contribution in [0.1, 0.15) is 101 Å². The van der Waals surface area contributed by atoms with E-state index in [9.17, 15) is 10.5 Å². The van der Waals surface area contributed by atoms with Crippen molar-refractivity contribution in [1.82, 2.24) is 0 Å². The number of fused-ring (bicyclic) bond motifs is 3. The number of nitrogens with zero attached hydrogens (tertiary/aromatic N) is 2. The molecule has 0 aromatic heterocycles. The second-order valence-corrected chi connectivity index (χ2v) is 10.7. The molecule has 2 aromatic carbocycles. The Balaban J connectivity index is 1.49. The average Bonchev–Trinajstić information content (AvgIpc) is 2.88. The molecule has 0 spiro atoms. The Morgan fingerprint density at radius 3 is 1.94 bits per heavy atom. The van der Waals surface area contributed by atoms with Crippen LogP contribution in [-0.4, -0.2) is 6.61 Å². The third kappa shape index (κ3) is 5.00. The molecule has 0 saturated heterocycles. The molecule has 3 aliphatic carbocycles. The fraction of sp³-hybridized carbons (Fsp3) is 0.548. The lowest BCUT2D eigenvalue weighted by atomic mass is 9.51. The average molecular weight is 455 g/mol. The van der Waals surface area contributed by atoms with Gasteiger partial charge < -0.3 is 4.74 Å². The molecule has 3 aliphatic rings. The summed E-state index contributed by atoms with van der Waals surface area (Å²) in [6.45, 7) is 5.18. The molecular formula is C31H38N2O. The molecule has 3 nitrogen and oxygen atoms in total. The monoisotopic (exact) mass is 454 g/mol. The third-order valence-electron chi connectivity index (χ3n) is 8.71. The Morgan fingerprint density at radius 1 is 0.765 bits per heavy atom. The molecule has 178 valence electrons.